The van der Waals surface area contributed by atoms with Crippen molar-refractivity contribution in [1.82, 2.24) is 4.90 Å². The maximum Gasteiger partial charge on any atom is 0.409 e. The second-order valence-electron chi connectivity index (χ2n) is 3.79. The van der Waals surface area contributed by atoms with Gasteiger partial charge >= 0.3 is 12.1 Å². The summed E-state index contributed by atoms with van der Waals surface area (Å²) in [6.45, 7) is 3.56. The molecule has 1 heterocycles. The van der Waals surface area contributed by atoms with Crippen LogP contribution in [0.4, 0.5) is 4.79 Å². The molecule has 1 aliphatic heterocycles. The fourth-order valence-electron chi connectivity index (χ4n) is 1.68. The summed E-state index contributed by atoms with van der Waals surface area (Å²) < 4.78 is 10.00. The molecule has 0 saturated carbocycles. The Labute approximate surface area is 106 Å². The topological polar surface area (TPSA) is 55.8 Å². The van der Waals surface area contributed by atoms with E-state index < -0.39 is 0 Å². The first kappa shape index (κ1) is 14.2. The van der Waals surface area contributed by atoms with E-state index in [1.165, 1.54) is 0 Å². The number of likely N-dealkylation sites (tertiary alicyclic amines) is 1. The van der Waals surface area contributed by atoms with Crippen LogP contribution in [0.2, 0.25) is 0 Å². The molecule has 0 bridgehead atoms. The van der Waals surface area contributed by atoms with Crippen LogP contribution in [0.15, 0.2) is 0 Å². The Morgan fingerprint density at radius 2 is 2.18 bits per heavy atom. The monoisotopic (exact) mass is 261 g/mol. The minimum atomic E-state index is -0.328. The minimum Gasteiger partial charge on any atom is -0.466 e. The summed E-state index contributed by atoms with van der Waals surface area (Å²) in [7, 11) is 0. The van der Waals surface area contributed by atoms with Gasteiger partial charge in [-0.15, -0.1) is 0 Å². The highest BCUT2D eigenvalue weighted by atomic mass is 32.2. The van der Waals surface area contributed by atoms with Gasteiger partial charge in [-0.3, -0.25) is 4.79 Å². The lowest BCUT2D eigenvalue weighted by Gasteiger charge is -2.15. The third-order valence-electron chi connectivity index (χ3n) is 2.58. The number of ether oxygens (including phenoxy) is 2. The van der Waals surface area contributed by atoms with E-state index in [-0.39, 0.29) is 18.0 Å². The highest BCUT2D eigenvalue weighted by molar-refractivity contribution is 7.98. The van der Waals surface area contributed by atoms with Crippen molar-refractivity contribution in [2.24, 2.45) is 5.92 Å². The third-order valence-corrected chi connectivity index (χ3v) is 3.15. The Kier molecular flexibility index (Phi) is 6.18. The maximum absolute atomic E-state index is 11.6. The summed E-state index contributed by atoms with van der Waals surface area (Å²) in [5.74, 6) is 0.385. The molecule has 1 atom stereocenters. The van der Waals surface area contributed by atoms with E-state index in [9.17, 15) is 9.59 Å². The molecule has 1 saturated heterocycles. The standard InChI is InChI=1S/C11H19NO4S/c1-3-15-10(13)9-4-5-12(8-9)11(14)16-6-7-17-2/h9H,3-8H2,1-2H3. The first-order valence-electron chi connectivity index (χ1n) is 5.76. The Balaban J connectivity index is 2.29. The summed E-state index contributed by atoms with van der Waals surface area (Å²) >= 11 is 1.63. The molecule has 6 heteroatoms. The van der Waals surface area contributed by atoms with Gasteiger partial charge in [0.25, 0.3) is 0 Å². The number of hydrogen-bond donors (Lipinski definition) is 0. The van der Waals surface area contributed by atoms with Gasteiger partial charge in [-0.1, -0.05) is 0 Å². The summed E-state index contributed by atoms with van der Waals surface area (Å²) in [4.78, 5) is 24.6. The van der Waals surface area contributed by atoms with Crippen molar-refractivity contribution in [3.05, 3.63) is 0 Å². The molecule has 0 aromatic rings. The van der Waals surface area contributed by atoms with Crippen LogP contribution < -0.4 is 0 Å². The fraction of sp³-hybridized carbons (Fsp3) is 0.818. The average molecular weight is 261 g/mol. The Morgan fingerprint density at radius 1 is 1.41 bits per heavy atom. The van der Waals surface area contributed by atoms with Crippen molar-refractivity contribution in [2.75, 3.05) is 38.3 Å². The molecule has 1 unspecified atom stereocenters. The number of thioether (sulfide) groups is 1. The SMILES string of the molecule is CCOC(=O)C1CCN(C(=O)OCCSC)C1. The average Bonchev–Trinajstić information content (AvgIpc) is 2.79. The zero-order valence-electron chi connectivity index (χ0n) is 10.3. The van der Waals surface area contributed by atoms with E-state index in [1.54, 1.807) is 23.6 Å². The predicted molar refractivity (Wildman–Crippen MR) is 66.0 cm³/mol. The van der Waals surface area contributed by atoms with Crippen molar-refractivity contribution in [1.29, 1.82) is 0 Å². The number of nitrogens with zero attached hydrogens (tertiary/aromatic N) is 1. The van der Waals surface area contributed by atoms with Gasteiger partial charge in [-0.05, 0) is 19.6 Å². The minimum absolute atomic E-state index is 0.192. The lowest BCUT2D eigenvalue weighted by atomic mass is 10.1. The van der Waals surface area contributed by atoms with Crippen molar-refractivity contribution in [2.45, 2.75) is 13.3 Å². The number of carbonyl (C=O) groups is 2. The number of rotatable bonds is 5. The van der Waals surface area contributed by atoms with Crippen LogP contribution >= 0.6 is 11.8 Å². The summed E-state index contributed by atoms with van der Waals surface area (Å²) in [6, 6.07) is 0. The highest BCUT2D eigenvalue weighted by Gasteiger charge is 2.32. The molecule has 0 aliphatic carbocycles. The smallest absolute Gasteiger partial charge is 0.409 e. The van der Waals surface area contributed by atoms with E-state index in [0.717, 1.165) is 5.75 Å². The second-order valence-corrected chi connectivity index (χ2v) is 4.78. The van der Waals surface area contributed by atoms with Crippen molar-refractivity contribution < 1.29 is 19.1 Å². The molecular weight excluding hydrogens is 242 g/mol. The van der Waals surface area contributed by atoms with E-state index in [4.69, 9.17) is 9.47 Å². The van der Waals surface area contributed by atoms with Gasteiger partial charge < -0.3 is 14.4 Å². The quantitative estimate of drug-likeness (QED) is 0.552. The molecule has 0 N–H and O–H groups in total. The molecular formula is C11H19NO4S. The van der Waals surface area contributed by atoms with Crippen LogP contribution in [0.3, 0.4) is 0 Å². The summed E-state index contributed by atoms with van der Waals surface area (Å²) in [6.07, 6.45) is 2.29. The van der Waals surface area contributed by atoms with Gasteiger partial charge in [0.2, 0.25) is 0 Å². The number of amides is 1. The lowest BCUT2D eigenvalue weighted by molar-refractivity contribution is -0.147. The zero-order valence-corrected chi connectivity index (χ0v) is 11.1. The normalized spacial score (nSPS) is 19.2. The molecule has 0 radical (unpaired) electrons. The zero-order chi connectivity index (χ0) is 12.7. The summed E-state index contributed by atoms with van der Waals surface area (Å²) in [5, 5.41) is 0. The van der Waals surface area contributed by atoms with Crippen LogP contribution in [0.25, 0.3) is 0 Å². The Morgan fingerprint density at radius 3 is 2.82 bits per heavy atom. The van der Waals surface area contributed by atoms with Gasteiger partial charge in [-0.2, -0.15) is 11.8 Å². The van der Waals surface area contributed by atoms with E-state index in [0.29, 0.717) is 32.7 Å². The largest absolute Gasteiger partial charge is 0.466 e. The van der Waals surface area contributed by atoms with E-state index in [2.05, 4.69) is 0 Å². The van der Waals surface area contributed by atoms with Crippen LogP contribution in [0, 0.1) is 5.92 Å². The van der Waals surface area contributed by atoms with E-state index >= 15 is 0 Å². The Hall–Kier alpha value is -0.910. The first-order valence-corrected chi connectivity index (χ1v) is 7.15. The number of esters is 1. The van der Waals surface area contributed by atoms with Crippen molar-refractivity contribution in [3.63, 3.8) is 0 Å². The van der Waals surface area contributed by atoms with Gasteiger partial charge in [0.15, 0.2) is 0 Å². The second kappa shape index (κ2) is 7.42. The van der Waals surface area contributed by atoms with Gasteiger partial charge in [-0.25, -0.2) is 4.79 Å². The van der Waals surface area contributed by atoms with Crippen LogP contribution in [0.1, 0.15) is 13.3 Å². The molecule has 0 aromatic carbocycles. The number of hydrogen-bond acceptors (Lipinski definition) is 5. The fourth-order valence-corrected chi connectivity index (χ4v) is 1.93. The third kappa shape index (κ3) is 4.46. The van der Waals surface area contributed by atoms with Crippen molar-refractivity contribution >= 4 is 23.8 Å². The highest BCUT2D eigenvalue weighted by Crippen LogP contribution is 2.18. The maximum atomic E-state index is 11.6. The van der Waals surface area contributed by atoms with Gasteiger partial charge in [0.05, 0.1) is 12.5 Å². The van der Waals surface area contributed by atoms with E-state index in [1.807, 2.05) is 6.26 Å². The molecule has 0 spiro atoms. The van der Waals surface area contributed by atoms with Gasteiger partial charge in [0.1, 0.15) is 6.61 Å². The van der Waals surface area contributed by atoms with Crippen molar-refractivity contribution in [3.8, 4) is 0 Å². The molecule has 1 aliphatic rings. The molecule has 17 heavy (non-hydrogen) atoms. The Bertz CT molecular complexity index is 272. The molecule has 1 amide bonds. The van der Waals surface area contributed by atoms with Crippen LogP contribution in [0.5, 0.6) is 0 Å². The molecule has 0 aromatic heterocycles. The molecule has 5 nitrogen and oxygen atoms in total. The van der Waals surface area contributed by atoms with Crippen LogP contribution in [-0.2, 0) is 14.3 Å². The first-order chi connectivity index (χ1) is 8.19. The molecule has 1 rings (SSSR count). The summed E-state index contributed by atoms with van der Waals surface area (Å²) in [5.41, 5.74) is 0. The van der Waals surface area contributed by atoms with Gasteiger partial charge in [0, 0.05) is 18.8 Å². The molecule has 1 fully saturated rings. The number of carbonyl (C=O) groups excluding carboxylic acids is 2. The lowest BCUT2D eigenvalue weighted by Crippen LogP contribution is -2.31. The van der Waals surface area contributed by atoms with Crippen LogP contribution in [-0.4, -0.2) is 55.3 Å². The predicted octanol–water partition coefficient (Wildman–Crippen LogP) is 1.37. The molecule has 98 valence electrons.